The van der Waals surface area contributed by atoms with Gasteiger partial charge >= 0.3 is 12.1 Å². The Morgan fingerprint density at radius 1 is 0.896 bits per heavy atom. The molecule has 0 spiro atoms. The third kappa shape index (κ3) is 11.3. The molecule has 0 aliphatic rings. The standard InChI is InChI=1S/C34H35F3N4O7/c1-20(2)28(17-34(35,36)37)40-33(46)30(23-7-11-25(47-3)12-8-23)41-32(45)27(16-21-5-4-6-22(15-21)18-38)39-31(44)24-9-13-26(14-10-24)48-19-29(42)43/h4-15,20,27-28,30H,16-17,19H2,1-3H3,(H,39,44)(H,40,46)(H,41,45)(H,42,43)/t27?,28-,30?/m1/s1. The van der Waals surface area contributed by atoms with Gasteiger partial charge in [0, 0.05) is 18.0 Å². The summed E-state index contributed by atoms with van der Waals surface area (Å²) >= 11 is 0. The van der Waals surface area contributed by atoms with Gasteiger partial charge in [-0.25, -0.2) is 4.79 Å². The van der Waals surface area contributed by atoms with Crippen LogP contribution in [0, 0.1) is 17.2 Å². The lowest BCUT2D eigenvalue weighted by Gasteiger charge is -2.28. The molecular weight excluding hydrogens is 633 g/mol. The number of alkyl halides is 3. The third-order valence-electron chi connectivity index (χ3n) is 7.18. The van der Waals surface area contributed by atoms with Gasteiger partial charge in [-0.3, -0.25) is 14.4 Å². The van der Waals surface area contributed by atoms with Crippen molar-refractivity contribution in [2.24, 2.45) is 5.92 Å². The van der Waals surface area contributed by atoms with Gasteiger partial charge in [-0.15, -0.1) is 0 Å². The van der Waals surface area contributed by atoms with Gasteiger partial charge in [0.25, 0.3) is 5.91 Å². The molecule has 11 nitrogen and oxygen atoms in total. The summed E-state index contributed by atoms with van der Waals surface area (Å²) in [6.07, 6.45) is -5.96. The molecule has 0 fully saturated rings. The molecule has 0 aliphatic carbocycles. The summed E-state index contributed by atoms with van der Waals surface area (Å²) in [6, 6.07) is 15.7. The summed E-state index contributed by atoms with van der Waals surface area (Å²) < 4.78 is 50.2. The van der Waals surface area contributed by atoms with Gasteiger partial charge < -0.3 is 30.5 Å². The number of carbonyl (C=O) groups is 4. The molecule has 0 saturated carbocycles. The van der Waals surface area contributed by atoms with Crippen molar-refractivity contribution in [1.29, 1.82) is 5.26 Å². The number of halogens is 3. The average Bonchev–Trinajstić information content (AvgIpc) is 3.05. The number of benzene rings is 3. The first-order valence-corrected chi connectivity index (χ1v) is 14.7. The smallest absolute Gasteiger partial charge is 0.391 e. The molecule has 3 aromatic rings. The minimum atomic E-state index is -4.56. The van der Waals surface area contributed by atoms with Crippen LogP contribution in [-0.2, 0) is 20.8 Å². The van der Waals surface area contributed by atoms with Crippen LogP contribution in [0.4, 0.5) is 13.2 Å². The van der Waals surface area contributed by atoms with Crippen molar-refractivity contribution in [3.63, 3.8) is 0 Å². The lowest BCUT2D eigenvalue weighted by molar-refractivity contribution is -0.146. The quantitative estimate of drug-likeness (QED) is 0.186. The second-order valence-electron chi connectivity index (χ2n) is 11.1. The predicted molar refractivity (Wildman–Crippen MR) is 167 cm³/mol. The number of nitrogens with zero attached hydrogens (tertiary/aromatic N) is 1. The molecule has 48 heavy (non-hydrogen) atoms. The number of nitrogens with one attached hydrogen (secondary N) is 3. The van der Waals surface area contributed by atoms with E-state index in [0.717, 1.165) is 0 Å². The Morgan fingerprint density at radius 2 is 1.54 bits per heavy atom. The summed E-state index contributed by atoms with van der Waals surface area (Å²) in [7, 11) is 1.43. The number of nitriles is 1. The molecule has 2 unspecified atom stereocenters. The fourth-order valence-corrected chi connectivity index (χ4v) is 4.61. The van der Waals surface area contributed by atoms with Gasteiger partial charge in [0.1, 0.15) is 23.6 Å². The average molecular weight is 669 g/mol. The van der Waals surface area contributed by atoms with Crippen molar-refractivity contribution in [1.82, 2.24) is 16.0 Å². The van der Waals surface area contributed by atoms with Crippen LogP contribution in [0.3, 0.4) is 0 Å². The van der Waals surface area contributed by atoms with Crippen molar-refractivity contribution >= 4 is 23.7 Å². The first kappa shape index (κ1) is 36.9. The van der Waals surface area contributed by atoms with Crippen molar-refractivity contribution in [3.05, 3.63) is 95.1 Å². The largest absolute Gasteiger partial charge is 0.497 e. The number of carbonyl (C=O) groups excluding carboxylic acids is 3. The zero-order valence-electron chi connectivity index (χ0n) is 26.3. The van der Waals surface area contributed by atoms with Crippen molar-refractivity contribution in [2.45, 2.75) is 51.0 Å². The zero-order valence-corrected chi connectivity index (χ0v) is 26.3. The maximum absolute atomic E-state index is 13.9. The van der Waals surface area contributed by atoms with E-state index >= 15 is 0 Å². The second-order valence-corrected chi connectivity index (χ2v) is 11.1. The van der Waals surface area contributed by atoms with E-state index in [2.05, 4.69) is 16.0 Å². The van der Waals surface area contributed by atoms with Crippen LogP contribution < -0.4 is 25.4 Å². The number of rotatable bonds is 15. The molecule has 0 aliphatic heterocycles. The van der Waals surface area contributed by atoms with Crippen LogP contribution in [-0.4, -0.2) is 60.8 Å². The van der Waals surface area contributed by atoms with E-state index in [-0.39, 0.29) is 23.3 Å². The molecule has 3 rings (SSSR count). The molecule has 3 atom stereocenters. The van der Waals surface area contributed by atoms with E-state index in [0.29, 0.717) is 16.9 Å². The number of hydrogen-bond donors (Lipinski definition) is 4. The summed E-state index contributed by atoms with van der Waals surface area (Å²) in [5.74, 6) is -3.59. The Hall–Kier alpha value is -5.58. The number of amides is 3. The van der Waals surface area contributed by atoms with Crippen molar-refractivity contribution in [2.75, 3.05) is 13.7 Å². The molecule has 14 heteroatoms. The fraction of sp³-hybridized carbons (Fsp3) is 0.324. The molecule has 0 radical (unpaired) electrons. The summed E-state index contributed by atoms with van der Waals surface area (Å²) in [6.45, 7) is 2.47. The molecular formula is C34H35F3N4O7. The maximum Gasteiger partial charge on any atom is 0.391 e. The number of hydrogen-bond acceptors (Lipinski definition) is 7. The Labute approximate surface area is 275 Å². The highest BCUT2D eigenvalue weighted by molar-refractivity contribution is 5.98. The molecule has 4 N–H and O–H groups in total. The fourth-order valence-electron chi connectivity index (χ4n) is 4.61. The van der Waals surface area contributed by atoms with Crippen LogP contribution in [0.15, 0.2) is 72.8 Å². The second kappa shape index (κ2) is 16.8. The van der Waals surface area contributed by atoms with Crippen molar-refractivity contribution < 1.29 is 46.9 Å². The minimum Gasteiger partial charge on any atom is -0.497 e. The molecule has 3 amide bonds. The van der Waals surface area contributed by atoms with E-state index in [4.69, 9.17) is 14.6 Å². The van der Waals surface area contributed by atoms with Crippen LogP contribution in [0.2, 0.25) is 0 Å². The van der Waals surface area contributed by atoms with Gasteiger partial charge in [0.05, 0.1) is 25.2 Å². The number of aliphatic carboxylic acids is 1. The molecule has 254 valence electrons. The Balaban J connectivity index is 1.94. The van der Waals surface area contributed by atoms with Gasteiger partial charge in [0.2, 0.25) is 11.8 Å². The highest BCUT2D eigenvalue weighted by atomic mass is 19.4. The van der Waals surface area contributed by atoms with E-state index in [1.165, 1.54) is 75.6 Å². The highest BCUT2D eigenvalue weighted by Crippen LogP contribution is 2.26. The topological polar surface area (TPSA) is 167 Å². The normalized spacial score (nSPS) is 13.0. The summed E-state index contributed by atoms with van der Waals surface area (Å²) in [4.78, 5) is 51.5. The predicted octanol–water partition coefficient (Wildman–Crippen LogP) is 4.32. The summed E-state index contributed by atoms with van der Waals surface area (Å²) in [5, 5.41) is 25.8. The number of carboxylic acid groups (broad SMARTS) is 1. The molecule has 0 saturated heterocycles. The monoisotopic (exact) mass is 668 g/mol. The Kier molecular flexibility index (Phi) is 12.9. The molecule has 3 aromatic carbocycles. The first-order chi connectivity index (χ1) is 22.7. The van der Waals surface area contributed by atoms with Gasteiger partial charge in [-0.1, -0.05) is 38.1 Å². The Morgan fingerprint density at radius 3 is 2.10 bits per heavy atom. The van der Waals surface area contributed by atoms with Crippen LogP contribution in [0.5, 0.6) is 11.5 Å². The maximum atomic E-state index is 13.9. The molecule has 0 aromatic heterocycles. The van der Waals surface area contributed by atoms with Crippen molar-refractivity contribution in [3.8, 4) is 17.6 Å². The van der Waals surface area contributed by atoms with E-state index in [1.807, 2.05) is 6.07 Å². The lowest BCUT2D eigenvalue weighted by atomic mass is 9.98. The van der Waals surface area contributed by atoms with Crippen LogP contribution in [0.1, 0.15) is 53.4 Å². The van der Waals surface area contributed by atoms with E-state index < -0.39 is 66.9 Å². The number of carboxylic acids is 1. The first-order valence-electron chi connectivity index (χ1n) is 14.7. The Bertz CT molecular complexity index is 1620. The molecule has 0 heterocycles. The third-order valence-corrected chi connectivity index (χ3v) is 7.18. The summed E-state index contributed by atoms with van der Waals surface area (Å²) in [5.41, 5.74) is 1.14. The van der Waals surface area contributed by atoms with Gasteiger partial charge in [0.15, 0.2) is 6.61 Å². The van der Waals surface area contributed by atoms with Crippen LogP contribution >= 0.6 is 0 Å². The van der Waals surface area contributed by atoms with Crippen LogP contribution in [0.25, 0.3) is 0 Å². The highest BCUT2D eigenvalue weighted by Gasteiger charge is 2.36. The number of methoxy groups -OCH3 is 1. The lowest BCUT2D eigenvalue weighted by Crippen LogP contribution is -2.52. The van der Waals surface area contributed by atoms with Gasteiger partial charge in [-0.05, 0) is 65.6 Å². The van der Waals surface area contributed by atoms with Gasteiger partial charge in [-0.2, -0.15) is 18.4 Å². The van der Waals surface area contributed by atoms with E-state index in [1.54, 1.807) is 18.2 Å². The van der Waals surface area contributed by atoms with E-state index in [9.17, 15) is 37.6 Å². The SMILES string of the molecule is COc1ccc(C(NC(=O)C(Cc2cccc(C#N)c2)NC(=O)c2ccc(OCC(=O)O)cc2)C(=O)N[C@H](CC(F)(F)F)C(C)C)cc1. The zero-order chi connectivity index (χ0) is 35.4. The molecule has 0 bridgehead atoms. The number of ether oxygens (including phenoxy) is 2. The minimum absolute atomic E-state index is 0.0950.